The molecular formula is C22H27N3OSi. The Morgan fingerprint density at radius 3 is 1.85 bits per heavy atom. The van der Waals surface area contributed by atoms with E-state index in [1.165, 1.54) is 0 Å². The van der Waals surface area contributed by atoms with Crippen molar-refractivity contribution in [1.29, 1.82) is 0 Å². The largest absolute Gasteiger partial charge is 0.508 e. The summed E-state index contributed by atoms with van der Waals surface area (Å²) in [5.74, 6) is 0.448. The summed E-state index contributed by atoms with van der Waals surface area (Å²) in [5.41, 5.74) is 2.98. The van der Waals surface area contributed by atoms with E-state index >= 15 is 0 Å². The van der Waals surface area contributed by atoms with E-state index in [0.29, 0.717) is 25.4 Å². The van der Waals surface area contributed by atoms with Gasteiger partial charge in [0.2, 0.25) is 0 Å². The van der Waals surface area contributed by atoms with E-state index in [0.717, 1.165) is 22.1 Å². The molecule has 27 heavy (non-hydrogen) atoms. The summed E-state index contributed by atoms with van der Waals surface area (Å²) < 4.78 is 0. The highest BCUT2D eigenvalue weighted by Gasteiger charge is 2.22. The van der Waals surface area contributed by atoms with Gasteiger partial charge in [-0.2, -0.15) is 0 Å². The van der Waals surface area contributed by atoms with Gasteiger partial charge in [0.05, 0.1) is 19.5 Å². The molecule has 0 saturated heterocycles. The Labute approximate surface area is 162 Å². The van der Waals surface area contributed by atoms with Gasteiger partial charge in [-0.3, -0.25) is 14.9 Å². The first-order valence-corrected chi connectivity index (χ1v) is 12.8. The van der Waals surface area contributed by atoms with Crippen molar-refractivity contribution < 1.29 is 5.11 Å². The molecule has 140 valence electrons. The van der Waals surface area contributed by atoms with Crippen LogP contribution in [0.25, 0.3) is 0 Å². The SMILES string of the molecule is C[Si](C)(C)c1cccc(CN(Cc2ccccn2)Cc2ccccn2)c1O. The quantitative estimate of drug-likeness (QED) is 0.634. The number of nitrogens with zero attached hydrogens (tertiary/aromatic N) is 3. The summed E-state index contributed by atoms with van der Waals surface area (Å²) in [6.45, 7) is 8.82. The van der Waals surface area contributed by atoms with Crippen LogP contribution in [-0.4, -0.2) is 28.0 Å². The summed E-state index contributed by atoms with van der Waals surface area (Å²) in [6.07, 6.45) is 3.63. The second kappa shape index (κ2) is 8.46. The molecule has 0 aliphatic rings. The van der Waals surface area contributed by atoms with Crippen LogP contribution in [0.3, 0.4) is 0 Å². The first kappa shape index (κ1) is 19.3. The minimum atomic E-state index is -1.60. The molecule has 0 saturated carbocycles. The Morgan fingerprint density at radius 1 is 0.778 bits per heavy atom. The Morgan fingerprint density at radius 2 is 1.37 bits per heavy atom. The van der Waals surface area contributed by atoms with E-state index in [1.807, 2.05) is 54.9 Å². The molecule has 3 rings (SSSR count). The van der Waals surface area contributed by atoms with Crippen molar-refractivity contribution in [3.8, 4) is 5.75 Å². The molecule has 5 heteroatoms. The zero-order valence-electron chi connectivity index (χ0n) is 16.3. The predicted molar refractivity (Wildman–Crippen MR) is 113 cm³/mol. The molecule has 0 amide bonds. The minimum Gasteiger partial charge on any atom is -0.508 e. The van der Waals surface area contributed by atoms with Crippen LogP contribution in [0.15, 0.2) is 67.0 Å². The van der Waals surface area contributed by atoms with E-state index < -0.39 is 8.07 Å². The van der Waals surface area contributed by atoms with E-state index in [4.69, 9.17) is 0 Å². The topological polar surface area (TPSA) is 49.2 Å². The average Bonchev–Trinajstić information content (AvgIpc) is 2.64. The summed E-state index contributed by atoms with van der Waals surface area (Å²) in [4.78, 5) is 11.2. The lowest BCUT2D eigenvalue weighted by Gasteiger charge is -2.25. The maximum absolute atomic E-state index is 10.9. The van der Waals surface area contributed by atoms with Crippen molar-refractivity contribution >= 4 is 13.3 Å². The number of para-hydroxylation sites is 1. The van der Waals surface area contributed by atoms with Crippen LogP contribution in [0.5, 0.6) is 5.75 Å². The van der Waals surface area contributed by atoms with Gasteiger partial charge in [-0.05, 0) is 29.5 Å². The number of rotatable bonds is 7. The number of aromatic nitrogens is 2. The molecule has 0 fully saturated rings. The van der Waals surface area contributed by atoms with Crippen LogP contribution in [-0.2, 0) is 19.6 Å². The molecule has 1 aromatic carbocycles. The number of aromatic hydroxyl groups is 1. The average molecular weight is 378 g/mol. The highest BCUT2D eigenvalue weighted by atomic mass is 28.3. The summed E-state index contributed by atoms with van der Waals surface area (Å²) >= 11 is 0. The Balaban J connectivity index is 1.87. The maximum atomic E-state index is 10.9. The van der Waals surface area contributed by atoms with E-state index in [-0.39, 0.29) is 0 Å². The first-order chi connectivity index (χ1) is 12.9. The second-order valence-electron chi connectivity index (χ2n) is 7.85. The fourth-order valence-electron chi connectivity index (χ4n) is 3.17. The van der Waals surface area contributed by atoms with E-state index in [9.17, 15) is 5.11 Å². The van der Waals surface area contributed by atoms with E-state index in [2.05, 4.69) is 46.6 Å². The van der Waals surface area contributed by atoms with Gasteiger partial charge in [-0.1, -0.05) is 50.0 Å². The Bertz CT molecular complexity index is 822. The number of phenols is 1. The smallest absolute Gasteiger partial charge is 0.119 e. The predicted octanol–water partition coefficient (Wildman–Crippen LogP) is 3.93. The monoisotopic (exact) mass is 377 g/mol. The Kier molecular flexibility index (Phi) is 6.03. The molecule has 2 aromatic heterocycles. The molecule has 0 unspecified atom stereocenters. The Hall–Kier alpha value is -2.50. The number of pyridine rings is 2. The van der Waals surface area contributed by atoms with Crippen LogP contribution in [0.1, 0.15) is 17.0 Å². The molecule has 0 aliphatic carbocycles. The van der Waals surface area contributed by atoms with Crippen LogP contribution >= 0.6 is 0 Å². The number of benzene rings is 1. The molecule has 0 bridgehead atoms. The molecular weight excluding hydrogens is 350 g/mol. The summed E-state index contributed by atoms with van der Waals surface area (Å²) in [7, 11) is -1.60. The van der Waals surface area contributed by atoms with Gasteiger partial charge in [-0.15, -0.1) is 0 Å². The van der Waals surface area contributed by atoms with Gasteiger partial charge < -0.3 is 5.11 Å². The first-order valence-electron chi connectivity index (χ1n) is 9.27. The third-order valence-corrected chi connectivity index (χ3v) is 6.56. The highest BCUT2D eigenvalue weighted by Crippen LogP contribution is 2.22. The number of hydrogen-bond acceptors (Lipinski definition) is 4. The van der Waals surface area contributed by atoms with Crippen LogP contribution in [0, 0.1) is 0 Å². The lowest BCUT2D eigenvalue weighted by molar-refractivity contribution is 0.238. The highest BCUT2D eigenvalue weighted by molar-refractivity contribution is 6.89. The van der Waals surface area contributed by atoms with Crippen molar-refractivity contribution in [3.63, 3.8) is 0 Å². The van der Waals surface area contributed by atoms with Gasteiger partial charge in [0.15, 0.2) is 0 Å². The summed E-state index contributed by atoms with van der Waals surface area (Å²) in [5, 5.41) is 12.0. The maximum Gasteiger partial charge on any atom is 0.119 e. The van der Waals surface area contributed by atoms with Crippen molar-refractivity contribution in [3.05, 3.63) is 83.9 Å². The molecule has 0 spiro atoms. The van der Waals surface area contributed by atoms with Gasteiger partial charge in [0.25, 0.3) is 0 Å². The summed E-state index contributed by atoms with van der Waals surface area (Å²) in [6, 6.07) is 18.1. The number of phenolic OH excluding ortho intramolecular Hbond substituents is 1. The van der Waals surface area contributed by atoms with Gasteiger partial charge in [-0.25, -0.2) is 0 Å². The van der Waals surface area contributed by atoms with Gasteiger partial charge in [0.1, 0.15) is 5.75 Å². The molecule has 2 heterocycles. The zero-order valence-corrected chi connectivity index (χ0v) is 17.3. The molecule has 3 aromatic rings. The third kappa shape index (κ3) is 5.25. The van der Waals surface area contributed by atoms with Crippen molar-refractivity contribution in [1.82, 2.24) is 14.9 Å². The molecule has 0 atom stereocenters. The number of hydrogen-bond donors (Lipinski definition) is 1. The molecule has 0 radical (unpaired) electrons. The van der Waals surface area contributed by atoms with Crippen molar-refractivity contribution in [2.45, 2.75) is 39.3 Å². The fraction of sp³-hybridized carbons (Fsp3) is 0.273. The lowest BCUT2D eigenvalue weighted by Crippen LogP contribution is -2.38. The van der Waals surface area contributed by atoms with Crippen molar-refractivity contribution in [2.75, 3.05) is 0 Å². The van der Waals surface area contributed by atoms with Gasteiger partial charge >= 0.3 is 0 Å². The zero-order chi connectivity index (χ0) is 19.3. The fourth-order valence-corrected chi connectivity index (χ4v) is 4.64. The van der Waals surface area contributed by atoms with Crippen LogP contribution in [0.2, 0.25) is 19.6 Å². The molecule has 4 nitrogen and oxygen atoms in total. The minimum absolute atomic E-state index is 0.448. The van der Waals surface area contributed by atoms with E-state index in [1.54, 1.807) is 0 Å². The second-order valence-corrected chi connectivity index (χ2v) is 12.9. The van der Waals surface area contributed by atoms with Crippen molar-refractivity contribution in [2.24, 2.45) is 0 Å². The normalized spacial score (nSPS) is 11.7. The third-order valence-electron chi connectivity index (χ3n) is 4.55. The van der Waals surface area contributed by atoms with Crippen LogP contribution < -0.4 is 5.19 Å². The molecule has 0 aliphatic heterocycles. The lowest BCUT2D eigenvalue weighted by atomic mass is 10.1. The van der Waals surface area contributed by atoms with Gasteiger partial charge in [0, 0.05) is 37.6 Å². The standard InChI is InChI=1S/C22H27N3OSi/c1-27(2,3)21-12-8-9-18(22(21)26)15-25(16-19-10-4-6-13-23-19)17-20-11-5-7-14-24-20/h4-14,26H,15-17H2,1-3H3. The van der Waals surface area contributed by atoms with Crippen LogP contribution in [0.4, 0.5) is 0 Å². The molecule has 1 N–H and O–H groups in total.